The second-order valence-electron chi connectivity index (χ2n) is 4.64. The van der Waals surface area contributed by atoms with Crippen LogP contribution in [-0.4, -0.2) is 40.4 Å². The topological polar surface area (TPSA) is 58.1 Å². The maximum absolute atomic E-state index is 11.6. The van der Waals surface area contributed by atoms with Crippen LogP contribution in [0.15, 0.2) is 6.07 Å². The molecular weight excluding hydrogens is 252 g/mol. The van der Waals surface area contributed by atoms with Crippen LogP contribution in [0.2, 0.25) is 5.15 Å². The minimum absolute atomic E-state index is 0.00810. The fraction of sp³-hybridized carbons (Fsp3) is 0.583. The third-order valence-corrected chi connectivity index (χ3v) is 2.34. The third-order valence-electron chi connectivity index (χ3n) is 2.14. The number of likely N-dealkylation sites (N-methyl/N-ethyl adjacent to an activating group) is 1. The number of carbonyl (C=O) groups is 1. The molecular formula is C12H19ClN4O. The first-order chi connectivity index (χ1) is 8.36. The summed E-state index contributed by atoms with van der Waals surface area (Å²) in [6.45, 7) is 6.53. The molecule has 0 saturated carbocycles. The fourth-order valence-corrected chi connectivity index (χ4v) is 1.83. The molecule has 0 spiro atoms. The lowest BCUT2D eigenvalue weighted by atomic mass is 10.3. The number of nitrogens with one attached hydrogen (secondary N) is 1. The standard InChI is InChI=1S/C12H19ClN4O/c1-8(2)14-12(18)7-17(4)6-11-15-9(3)5-10(13)16-11/h5,8H,6-7H2,1-4H3,(H,14,18). The van der Waals surface area contributed by atoms with Gasteiger partial charge in [0.2, 0.25) is 5.91 Å². The van der Waals surface area contributed by atoms with Gasteiger partial charge in [-0.1, -0.05) is 11.6 Å². The highest BCUT2D eigenvalue weighted by molar-refractivity contribution is 6.29. The zero-order valence-corrected chi connectivity index (χ0v) is 12.0. The molecule has 18 heavy (non-hydrogen) atoms. The lowest BCUT2D eigenvalue weighted by Crippen LogP contribution is -2.38. The highest BCUT2D eigenvalue weighted by Gasteiger charge is 2.10. The van der Waals surface area contributed by atoms with Gasteiger partial charge in [-0.15, -0.1) is 0 Å². The van der Waals surface area contributed by atoms with E-state index in [1.54, 1.807) is 6.07 Å². The van der Waals surface area contributed by atoms with Crippen molar-refractivity contribution in [3.63, 3.8) is 0 Å². The molecule has 1 aromatic rings. The van der Waals surface area contributed by atoms with Gasteiger partial charge < -0.3 is 5.32 Å². The number of halogens is 1. The molecule has 0 bridgehead atoms. The van der Waals surface area contributed by atoms with Crippen LogP contribution in [0.1, 0.15) is 25.4 Å². The van der Waals surface area contributed by atoms with Crippen LogP contribution in [-0.2, 0) is 11.3 Å². The van der Waals surface area contributed by atoms with E-state index in [1.807, 2.05) is 32.7 Å². The highest BCUT2D eigenvalue weighted by atomic mass is 35.5. The van der Waals surface area contributed by atoms with Gasteiger partial charge in [-0.05, 0) is 33.9 Å². The van der Waals surface area contributed by atoms with E-state index in [-0.39, 0.29) is 11.9 Å². The molecule has 0 aliphatic carbocycles. The molecule has 0 atom stereocenters. The maximum Gasteiger partial charge on any atom is 0.234 e. The van der Waals surface area contributed by atoms with Crippen LogP contribution in [0.3, 0.4) is 0 Å². The summed E-state index contributed by atoms with van der Waals surface area (Å²) in [4.78, 5) is 21.8. The van der Waals surface area contributed by atoms with E-state index >= 15 is 0 Å². The summed E-state index contributed by atoms with van der Waals surface area (Å²) in [6.07, 6.45) is 0. The van der Waals surface area contributed by atoms with Crippen LogP contribution < -0.4 is 5.32 Å². The van der Waals surface area contributed by atoms with Crippen molar-refractivity contribution in [2.75, 3.05) is 13.6 Å². The van der Waals surface area contributed by atoms with Crippen molar-refractivity contribution in [1.82, 2.24) is 20.2 Å². The molecule has 5 nitrogen and oxygen atoms in total. The predicted molar refractivity (Wildman–Crippen MR) is 71.4 cm³/mol. The van der Waals surface area contributed by atoms with Gasteiger partial charge in [0.15, 0.2) is 0 Å². The minimum atomic E-state index is -0.00810. The summed E-state index contributed by atoms with van der Waals surface area (Å²) in [5.41, 5.74) is 0.824. The van der Waals surface area contributed by atoms with E-state index in [2.05, 4.69) is 15.3 Å². The average molecular weight is 271 g/mol. The number of rotatable bonds is 5. The minimum Gasteiger partial charge on any atom is -0.353 e. The first-order valence-corrected chi connectivity index (χ1v) is 6.22. The Morgan fingerprint density at radius 3 is 2.72 bits per heavy atom. The van der Waals surface area contributed by atoms with Crippen molar-refractivity contribution in [2.45, 2.75) is 33.4 Å². The summed E-state index contributed by atoms with van der Waals surface area (Å²) in [5, 5.41) is 3.26. The molecule has 0 unspecified atom stereocenters. The SMILES string of the molecule is Cc1cc(Cl)nc(CN(C)CC(=O)NC(C)C)n1. The van der Waals surface area contributed by atoms with Crippen LogP contribution in [0, 0.1) is 6.92 Å². The van der Waals surface area contributed by atoms with Crippen LogP contribution in [0.5, 0.6) is 0 Å². The van der Waals surface area contributed by atoms with Crippen molar-refractivity contribution in [3.05, 3.63) is 22.7 Å². The van der Waals surface area contributed by atoms with Crippen molar-refractivity contribution in [3.8, 4) is 0 Å². The van der Waals surface area contributed by atoms with Crippen molar-refractivity contribution in [2.24, 2.45) is 0 Å². The molecule has 0 radical (unpaired) electrons. The van der Waals surface area contributed by atoms with E-state index in [0.29, 0.717) is 24.1 Å². The van der Waals surface area contributed by atoms with Gasteiger partial charge in [-0.25, -0.2) is 9.97 Å². The molecule has 100 valence electrons. The second kappa shape index (κ2) is 6.66. The largest absolute Gasteiger partial charge is 0.353 e. The van der Waals surface area contributed by atoms with E-state index in [1.165, 1.54) is 0 Å². The third kappa shape index (κ3) is 5.42. The Labute approximate surface area is 113 Å². The monoisotopic (exact) mass is 270 g/mol. The van der Waals surface area contributed by atoms with Crippen LogP contribution in [0.25, 0.3) is 0 Å². The maximum atomic E-state index is 11.6. The zero-order valence-electron chi connectivity index (χ0n) is 11.2. The molecule has 0 fully saturated rings. The van der Waals surface area contributed by atoms with Gasteiger partial charge in [0, 0.05) is 11.7 Å². The van der Waals surface area contributed by atoms with Gasteiger partial charge >= 0.3 is 0 Å². The lowest BCUT2D eigenvalue weighted by Gasteiger charge is -2.16. The molecule has 0 aliphatic heterocycles. The Kier molecular flexibility index (Phi) is 5.50. The highest BCUT2D eigenvalue weighted by Crippen LogP contribution is 2.07. The van der Waals surface area contributed by atoms with Crippen LogP contribution >= 0.6 is 11.6 Å². The Hall–Kier alpha value is -1.20. The lowest BCUT2D eigenvalue weighted by molar-refractivity contribution is -0.122. The number of hydrogen-bond donors (Lipinski definition) is 1. The van der Waals surface area contributed by atoms with Gasteiger partial charge in [0.1, 0.15) is 11.0 Å². The predicted octanol–water partition coefficient (Wildman–Crippen LogP) is 1.39. The molecule has 6 heteroatoms. The summed E-state index contributed by atoms with van der Waals surface area (Å²) in [5.74, 6) is 0.617. The molecule has 1 amide bonds. The van der Waals surface area contributed by atoms with Gasteiger partial charge in [0.25, 0.3) is 0 Å². The van der Waals surface area contributed by atoms with Crippen molar-refractivity contribution in [1.29, 1.82) is 0 Å². The Bertz CT molecular complexity index is 402. The summed E-state index contributed by atoms with van der Waals surface area (Å²) in [7, 11) is 1.85. The van der Waals surface area contributed by atoms with E-state index in [9.17, 15) is 4.79 Å². The first kappa shape index (κ1) is 14.9. The molecule has 0 aliphatic rings. The normalized spacial score (nSPS) is 11.1. The molecule has 1 N–H and O–H groups in total. The van der Waals surface area contributed by atoms with Crippen molar-refractivity contribution >= 4 is 17.5 Å². The zero-order chi connectivity index (χ0) is 13.7. The summed E-state index contributed by atoms with van der Waals surface area (Å²) in [6, 6.07) is 1.85. The molecule has 0 aromatic carbocycles. The van der Waals surface area contributed by atoms with E-state index in [4.69, 9.17) is 11.6 Å². The number of amides is 1. The Morgan fingerprint density at radius 1 is 1.50 bits per heavy atom. The van der Waals surface area contributed by atoms with Crippen molar-refractivity contribution < 1.29 is 4.79 Å². The number of aryl methyl sites for hydroxylation is 1. The molecule has 1 aromatic heterocycles. The fourth-order valence-electron chi connectivity index (χ4n) is 1.57. The smallest absolute Gasteiger partial charge is 0.234 e. The van der Waals surface area contributed by atoms with E-state index < -0.39 is 0 Å². The first-order valence-electron chi connectivity index (χ1n) is 5.85. The quantitative estimate of drug-likeness (QED) is 0.822. The van der Waals surface area contributed by atoms with Gasteiger partial charge in [-0.2, -0.15) is 0 Å². The second-order valence-corrected chi connectivity index (χ2v) is 5.03. The Balaban J connectivity index is 2.53. The molecule has 0 saturated heterocycles. The average Bonchev–Trinajstić information content (AvgIpc) is 2.12. The Morgan fingerprint density at radius 2 is 2.17 bits per heavy atom. The van der Waals surface area contributed by atoms with Crippen LogP contribution in [0.4, 0.5) is 0 Å². The van der Waals surface area contributed by atoms with E-state index in [0.717, 1.165) is 5.69 Å². The number of carbonyl (C=O) groups excluding carboxylic acids is 1. The van der Waals surface area contributed by atoms with Gasteiger partial charge in [0.05, 0.1) is 13.1 Å². The number of hydrogen-bond acceptors (Lipinski definition) is 4. The molecule has 1 rings (SSSR count). The molecule has 1 heterocycles. The number of nitrogens with zero attached hydrogens (tertiary/aromatic N) is 3. The number of aromatic nitrogens is 2. The van der Waals surface area contributed by atoms with Gasteiger partial charge in [-0.3, -0.25) is 9.69 Å². The summed E-state index contributed by atoms with van der Waals surface area (Å²) < 4.78 is 0. The summed E-state index contributed by atoms with van der Waals surface area (Å²) >= 11 is 5.86.